The summed E-state index contributed by atoms with van der Waals surface area (Å²) in [5.41, 5.74) is 3.87. The first-order valence-corrected chi connectivity index (χ1v) is 9.66. The Labute approximate surface area is 165 Å². The number of carbonyl (C=O) groups is 1. The topological polar surface area (TPSA) is 54.3 Å². The Hall–Kier alpha value is -3.15. The molecule has 0 unspecified atom stereocenters. The molecule has 2 aromatic heterocycles. The molecule has 1 amide bonds. The van der Waals surface area contributed by atoms with Gasteiger partial charge in [-0.3, -0.25) is 9.78 Å². The molecule has 6 nitrogen and oxygen atoms in total. The van der Waals surface area contributed by atoms with Crippen molar-refractivity contribution in [1.29, 1.82) is 0 Å². The van der Waals surface area contributed by atoms with Gasteiger partial charge in [0, 0.05) is 74.3 Å². The van der Waals surface area contributed by atoms with Crippen LogP contribution in [0.5, 0.6) is 0 Å². The van der Waals surface area contributed by atoms with Crippen molar-refractivity contribution in [2.45, 2.75) is 13.3 Å². The van der Waals surface area contributed by atoms with Crippen molar-refractivity contribution in [2.75, 3.05) is 31.1 Å². The van der Waals surface area contributed by atoms with Gasteiger partial charge in [-0.1, -0.05) is 12.1 Å². The van der Waals surface area contributed by atoms with Gasteiger partial charge in [-0.05, 0) is 37.6 Å². The highest BCUT2D eigenvalue weighted by Gasteiger charge is 2.21. The number of anilines is 1. The molecule has 0 N–H and O–H groups in total. The number of aromatic nitrogens is 3. The lowest BCUT2D eigenvalue weighted by molar-refractivity contribution is 0.0767. The second-order valence-corrected chi connectivity index (χ2v) is 7.23. The highest BCUT2D eigenvalue weighted by Crippen LogP contribution is 2.21. The maximum atomic E-state index is 13.1. The second-order valence-electron chi connectivity index (χ2n) is 7.23. The van der Waals surface area contributed by atoms with Crippen LogP contribution in [0.3, 0.4) is 0 Å². The molecule has 144 valence electrons. The lowest BCUT2D eigenvalue weighted by atomic mass is 10.1. The van der Waals surface area contributed by atoms with Crippen LogP contribution in [0.25, 0.3) is 11.4 Å². The summed E-state index contributed by atoms with van der Waals surface area (Å²) in [6.07, 6.45) is 6.48. The number of benzene rings is 1. The van der Waals surface area contributed by atoms with Crippen LogP contribution < -0.4 is 4.90 Å². The van der Waals surface area contributed by atoms with E-state index in [2.05, 4.69) is 20.9 Å². The maximum absolute atomic E-state index is 13.1. The predicted molar refractivity (Wildman–Crippen MR) is 110 cm³/mol. The van der Waals surface area contributed by atoms with Gasteiger partial charge >= 0.3 is 0 Å². The number of imidazole rings is 1. The van der Waals surface area contributed by atoms with Crippen molar-refractivity contribution in [3.05, 3.63) is 66.2 Å². The summed E-state index contributed by atoms with van der Waals surface area (Å²) in [6, 6.07) is 11.9. The molecule has 3 aromatic rings. The molecule has 1 aromatic carbocycles. The van der Waals surface area contributed by atoms with E-state index in [1.807, 2.05) is 66.2 Å². The fourth-order valence-electron chi connectivity index (χ4n) is 3.72. The molecular formula is C22H25N5O. The number of nitrogens with zero attached hydrogens (tertiary/aromatic N) is 5. The molecule has 4 rings (SSSR count). The van der Waals surface area contributed by atoms with Crippen LogP contribution in [0.15, 0.2) is 55.0 Å². The first-order chi connectivity index (χ1) is 13.6. The summed E-state index contributed by atoms with van der Waals surface area (Å²) in [6.45, 7) is 5.26. The molecule has 0 saturated carbocycles. The van der Waals surface area contributed by atoms with E-state index >= 15 is 0 Å². The SMILES string of the molecule is Cc1cc(N2CCCN(C(=O)c3cccc(-c4nccn4C)c3)CC2)ccn1. The number of aryl methyl sites for hydroxylation is 2. The number of pyridine rings is 1. The number of hydrogen-bond donors (Lipinski definition) is 0. The zero-order valence-electron chi connectivity index (χ0n) is 16.4. The third-order valence-corrected chi connectivity index (χ3v) is 5.22. The summed E-state index contributed by atoms with van der Waals surface area (Å²) in [5, 5.41) is 0. The monoisotopic (exact) mass is 375 g/mol. The van der Waals surface area contributed by atoms with Crippen molar-refractivity contribution < 1.29 is 4.79 Å². The normalized spacial score (nSPS) is 14.8. The van der Waals surface area contributed by atoms with E-state index in [9.17, 15) is 4.79 Å². The highest BCUT2D eigenvalue weighted by atomic mass is 16.2. The van der Waals surface area contributed by atoms with E-state index in [-0.39, 0.29) is 5.91 Å². The highest BCUT2D eigenvalue weighted by molar-refractivity contribution is 5.95. The first-order valence-electron chi connectivity index (χ1n) is 9.66. The number of hydrogen-bond acceptors (Lipinski definition) is 4. The minimum atomic E-state index is 0.0869. The van der Waals surface area contributed by atoms with Crippen LogP contribution in [-0.2, 0) is 7.05 Å². The van der Waals surface area contributed by atoms with Crippen LogP contribution in [-0.4, -0.2) is 51.5 Å². The smallest absolute Gasteiger partial charge is 0.253 e. The third-order valence-electron chi connectivity index (χ3n) is 5.22. The minimum Gasteiger partial charge on any atom is -0.370 e. The zero-order valence-corrected chi connectivity index (χ0v) is 16.4. The maximum Gasteiger partial charge on any atom is 0.253 e. The zero-order chi connectivity index (χ0) is 19.5. The van der Waals surface area contributed by atoms with E-state index in [0.29, 0.717) is 12.1 Å². The minimum absolute atomic E-state index is 0.0869. The van der Waals surface area contributed by atoms with Gasteiger partial charge in [0.05, 0.1) is 0 Å². The lowest BCUT2D eigenvalue weighted by Crippen LogP contribution is -2.35. The van der Waals surface area contributed by atoms with Gasteiger partial charge in [0.1, 0.15) is 5.82 Å². The van der Waals surface area contributed by atoms with Crippen molar-refractivity contribution in [1.82, 2.24) is 19.4 Å². The van der Waals surface area contributed by atoms with Crippen molar-refractivity contribution in [3.8, 4) is 11.4 Å². The molecule has 0 radical (unpaired) electrons. The van der Waals surface area contributed by atoms with Crippen LogP contribution >= 0.6 is 0 Å². The van der Waals surface area contributed by atoms with Crippen LogP contribution in [0.2, 0.25) is 0 Å². The molecule has 0 aliphatic carbocycles. The van der Waals surface area contributed by atoms with Crippen molar-refractivity contribution >= 4 is 11.6 Å². The van der Waals surface area contributed by atoms with Crippen molar-refractivity contribution in [2.24, 2.45) is 7.05 Å². The van der Waals surface area contributed by atoms with E-state index in [1.165, 1.54) is 5.69 Å². The lowest BCUT2D eigenvalue weighted by Gasteiger charge is -2.24. The van der Waals surface area contributed by atoms with E-state index < -0.39 is 0 Å². The molecule has 28 heavy (non-hydrogen) atoms. The van der Waals surface area contributed by atoms with Gasteiger partial charge in [0.2, 0.25) is 0 Å². The second kappa shape index (κ2) is 7.84. The van der Waals surface area contributed by atoms with Gasteiger partial charge < -0.3 is 14.4 Å². The van der Waals surface area contributed by atoms with Gasteiger partial charge in [0.25, 0.3) is 5.91 Å². The van der Waals surface area contributed by atoms with Crippen LogP contribution in [0.1, 0.15) is 22.5 Å². The Morgan fingerprint density at radius 2 is 1.89 bits per heavy atom. The summed E-state index contributed by atoms with van der Waals surface area (Å²) < 4.78 is 1.96. The van der Waals surface area contributed by atoms with Gasteiger partial charge in [-0.15, -0.1) is 0 Å². The Bertz CT molecular complexity index is 980. The molecule has 1 aliphatic rings. The van der Waals surface area contributed by atoms with Gasteiger partial charge in [-0.2, -0.15) is 0 Å². The average Bonchev–Trinajstić information content (AvgIpc) is 2.99. The van der Waals surface area contributed by atoms with Crippen molar-refractivity contribution in [3.63, 3.8) is 0 Å². The molecule has 6 heteroatoms. The van der Waals surface area contributed by atoms with E-state index in [4.69, 9.17) is 0 Å². The van der Waals surface area contributed by atoms with Gasteiger partial charge in [-0.25, -0.2) is 4.98 Å². The number of carbonyl (C=O) groups excluding carboxylic acids is 1. The summed E-state index contributed by atoms with van der Waals surface area (Å²) in [5.74, 6) is 0.952. The molecular weight excluding hydrogens is 350 g/mol. The number of rotatable bonds is 3. The fraction of sp³-hybridized carbons (Fsp3) is 0.318. The molecule has 1 fully saturated rings. The largest absolute Gasteiger partial charge is 0.370 e. The van der Waals surface area contributed by atoms with Crippen LogP contribution in [0.4, 0.5) is 5.69 Å². The third kappa shape index (κ3) is 3.76. The van der Waals surface area contributed by atoms with E-state index in [1.54, 1.807) is 6.20 Å². The molecule has 0 atom stereocenters. The summed E-state index contributed by atoms with van der Waals surface area (Å²) in [4.78, 5) is 26.1. The summed E-state index contributed by atoms with van der Waals surface area (Å²) >= 11 is 0. The molecule has 1 saturated heterocycles. The molecule has 1 aliphatic heterocycles. The Kier molecular flexibility index (Phi) is 5.10. The molecule has 0 bridgehead atoms. The van der Waals surface area contributed by atoms with Crippen LogP contribution in [0, 0.1) is 6.92 Å². The average molecular weight is 375 g/mol. The quantitative estimate of drug-likeness (QED) is 0.706. The Morgan fingerprint density at radius 3 is 2.68 bits per heavy atom. The Balaban J connectivity index is 1.49. The number of amides is 1. The summed E-state index contributed by atoms with van der Waals surface area (Å²) in [7, 11) is 1.96. The first kappa shape index (κ1) is 18.2. The molecule has 3 heterocycles. The van der Waals surface area contributed by atoms with Gasteiger partial charge in [0.15, 0.2) is 0 Å². The molecule has 0 spiro atoms. The van der Waals surface area contributed by atoms with E-state index in [0.717, 1.165) is 43.1 Å². The standard InChI is InChI=1S/C22H25N5O/c1-17-15-20(7-8-23-17)26-10-4-11-27(14-13-26)22(28)19-6-3-5-18(16-19)21-24-9-12-25(21)2/h3,5-9,12,15-16H,4,10-11,13-14H2,1-2H3. The fourth-order valence-corrected chi connectivity index (χ4v) is 3.72. The Morgan fingerprint density at radius 1 is 1.00 bits per heavy atom. The predicted octanol–water partition coefficient (Wildman–Crippen LogP) is 3.14.